The topological polar surface area (TPSA) is 75.4 Å². The first-order chi connectivity index (χ1) is 13.9. The molecule has 0 radical (unpaired) electrons. The number of hydrogen-bond donors (Lipinski definition) is 2. The summed E-state index contributed by atoms with van der Waals surface area (Å²) in [7, 11) is 0. The van der Waals surface area contributed by atoms with E-state index >= 15 is 0 Å². The van der Waals surface area contributed by atoms with Gasteiger partial charge in [0, 0.05) is 30.3 Å². The second kappa shape index (κ2) is 7.31. The first-order valence-corrected chi connectivity index (χ1v) is 12.0. The fourth-order valence-electron chi connectivity index (χ4n) is 6.71. The summed E-state index contributed by atoms with van der Waals surface area (Å²) >= 11 is 1.75. The average molecular weight is 414 g/mol. The Kier molecular flexibility index (Phi) is 4.90. The van der Waals surface area contributed by atoms with Crippen LogP contribution in [0.25, 0.3) is 0 Å². The Balaban J connectivity index is 1.27. The van der Waals surface area contributed by atoms with Crippen molar-refractivity contribution in [1.29, 1.82) is 0 Å². The van der Waals surface area contributed by atoms with Gasteiger partial charge in [-0.2, -0.15) is 0 Å². The Morgan fingerprint density at radius 2 is 1.93 bits per heavy atom. The molecule has 1 aromatic carbocycles. The van der Waals surface area contributed by atoms with E-state index in [4.69, 9.17) is 5.73 Å². The third-order valence-electron chi connectivity index (χ3n) is 7.95. The van der Waals surface area contributed by atoms with Crippen LogP contribution < -0.4 is 11.1 Å². The van der Waals surface area contributed by atoms with Crippen molar-refractivity contribution in [2.45, 2.75) is 57.0 Å². The predicted octanol–water partition coefficient (Wildman–Crippen LogP) is 2.67. The van der Waals surface area contributed by atoms with Crippen molar-refractivity contribution in [3.05, 3.63) is 35.4 Å². The van der Waals surface area contributed by atoms with Gasteiger partial charge < -0.3 is 11.1 Å². The van der Waals surface area contributed by atoms with E-state index in [-0.39, 0.29) is 28.6 Å². The third kappa shape index (κ3) is 3.38. The molecule has 3 atom stereocenters. The van der Waals surface area contributed by atoms with Gasteiger partial charge in [0.2, 0.25) is 11.8 Å². The first kappa shape index (κ1) is 19.4. The maximum absolute atomic E-state index is 13.3. The number of nitrogens with one attached hydrogen (secondary N) is 1. The fourth-order valence-corrected chi connectivity index (χ4v) is 7.88. The number of nitrogens with zero attached hydrogens (tertiary/aromatic N) is 1. The summed E-state index contributed by atoms with van der Waals surface area (Å²) in [5, 5.41) is 3.32. The van der Waals surface area contributed by atoms with Crippen LogP contribution in [-0.2, 0) is 16.1 Å². The van der Waals surface area contributed by atoms with Crippen molar-refractivity contribution >= 4 is 23.6 Å². The van der Waals surface area contributed by atoms with E-state index in [2.05, 4.69) is 41.4 Å². The van der Waals surface area contributed by atoms with Crippen LogP contribution in [0.4, 0.5) is 0 Å². The lowest BCUT2D eigenvalue weighted by atomic mass is 9.47. The van der Waals surface area contributed by atoms with E-state index in [1.54, 1.807) is 11.8 Å². The maximum atomic E-state index is 13.3. The van der Waals surface area contributed by atoms with Crippen LogP contribution in [0, 0.1) is 30.1 Å². The third-order valence-corrected chi connectivity index (χ3v) is 9.20. The van der Waals surface area contributed by atoms with Crippen LogP contribution in [-0.4, -0.2) is 40.4 Å². The summed E-state index contributed by atoms with van der Waals surface area (Å²) in [6.07, 6.45) is 4.98. The van der Waals surface area contributed by atoms with Crippen LogP contribution >= 0.6 is 11.8 Å². The van der Waals surface area contributed by atoms with Crippen LogP contribution in [0.3, 0.4) is 0 Å². The number of nitrogens with two attached hydrogens (primary N) is 1. The molecular weight excluding hydrogens is 382 g/mol. The summed E-state index contributed by atoms with van der Waals surface area (Å²) in [5.41, 5.74) is 8.09. The Morgan fingerprint density at radius 3 is 2.62 bits per heavy atom. The number of hydrogen-bond acceptors (Lipinski definition) is 4. The molecule has 0 spiro atoms. The highest BCUT2D eigenvalue weighted by Gasteiger charge is 2.58. The number of thioether (sulfide) groups is 1. The minimum atomic E-state index is -0.295. The van der Waals surface area contributed by atoms with Gasteiger partial charge in [-0.1, -0.05) is 24.3 Å². The number of amides is 2. The number of benzene rings is 1. The SMILES string of the molecule is Cc1ccccc1CN1CCSC1C(=O)NC1C2CC3CC1CC(C(N)=O)(C3)C2. The van der Waals surface area contributed by atoms with Crippen LogP contribution in [0.15, 0.2) is 24.3 Å². The van der Waals surface area contributed by atoms with Crippen LogP contribution in [0.5, 0.6) is 0 Å². The van der Waals surface area contributed by atoms with E-state index in [1.165, 1.54) is 11.1 Å². The van der Waals surface area contributed by atoms with Crippen molar-refractivity contribution in [2.24, 2.45) is 28.9 Å². The highest BCUT2D eigenvalue weighted by atomic mass is 32.2. The van der Waals surface area contributed by atoms with Gasteiger partial charge in [-0.15, -0.1) is 11.8 Å². The zero-order valence-corrected chi connectivity index (χ0v) is 17.9. The number of carbonyl (C=O) groups excluding carboxylic acids is 2. The molecule has 29 heavy (non-hydrogen) atoms. The van der Waals surface area contributed by atoms with Gasteiger partial charge in [0.25, 0.3) is 0 Å². The molecule has 5 nitrogen and oxygen atoms in total. The van der Waals surface area contributed by atoms with Crippen molar-refractivity contribution in [3.63, 3.8) is 0 Å². The molecule has 0 aromatic heterocycles. The van der Waals surface area contributed by atoms with Crippen molar-refractivity contribution in [1.82, 2.24) is 10.2 Å². The summed E-state index contributed by atoms with van der Waals surface area (Å²) in [6.45, 7) is 3.90. The average Bonchev–Trinajstić information content (AvgIpc) is 3.14. The lowest BCUT2D eigenvalue weighted by Crippen LogP contribution is -2.63. The summed E-state index contributed by atoms with van der Waals surface area (Å²) in [4.78, 5) is 27.7. The molecule has 6 rings (SSSR count). The van der Waals surface area contributed by atoms with E-state index in [9.17, 15) is 9.59 Å². The summed E-state index contributed by atoms with van der Waals surface area (Å²) in [5.74, 6) is 2.48. The number of rotatable bonds is 5. The highest BCUT2D eigenvalue weighted by molar-refractivity contribution is 8.00. The van der Waals surface area contributed by atoms with Gasteiger partial charge in [-0.25, -0.2) is 0 Å². The molecule has 5 aliphatic rings. The van der Waals surface area contributed by atoms with Gasteiger partial charge in [0.05, 0.1) is 0 Å². The predicted molar refractivity (Wildman–Crippen MR) is 115 cm³/mol. The Labute approximate surface area is 177 Å². The van der Waals surface area contributed by atoms with Gasteiger partial charge in [0.15, 0.2) is 0 Å². The normalized spacial score (nSPS) is 38.3. The Bertz CT molecular complexity index is 812. The van der Waals surface area contributed by atoms with Gasteiger partial charge >= 0.3 is 0 Å². The minimum Gasteiger partial charge on any atom is -0.369 e. The molecule has 1 saturated heterocycles. The van der Waals surface area contributed by atoms with E-state index in [1.807, 2.05) is 0 Å². The van der Waals surface area contributed by atoms with E-state index < -0.39 is 0 Å². The molecule has 1 aromatic rings. The molecule has 1 aliphatic heterocycles. The second-order valence-corrected chi connectivity index (χ2v) is 11.0. The maximum Gasteiger partial charge on any atom is 0.247 e. The second-order valence-electron chi connectivity index (χ2n) is 9.77. The van der Waals surface area contributed by atoms with Crippen molar-refractivity contribution < 1.29 is 9.59 Å². The lowest BCUT2D eigenvalue weighted by Gasteiger charge is -2.58. The highest BCUT2D eigenvalue weighted by Crippen LogP contribution is 2.60. The zero-order chi connectivity index (χ0) is 20.2. The quantitative estimate of drug-likeness (QED) is 0.778. The van der Waals surface area contributed by atoms with Gasteiger partial charge in [-0.3, -0.25) is 14.5 Å². The summed E-state index contributed by atoms with van der Waals surface area (Å²) < 4.78 is 0. The molecule has 2 amide bonds. The molecule has 156 valence electrons. The largest absolute Gasteiger partial charge is 0.369 e. The first-order valence-electron chi connectivity index (χ1n) is 11.0. The Morgan fingerprint density at radius 1 is 1.21 bits per heavy atom. The zero-order valence-electron chi connectivity index (χ0n) is 17.1. The monoisotopic (exact) mass is 413 g/mol. The van der Waals surface area contributed by atoms with E-state index in [0.717, 1.165) is 50.9 Å². The molecule has 5 fully saturated rings. The lowest BCUT2D eigenvalue weighted by molar-refractivity contribution is -0.147. The van der Waals surface area contributed by atoms with Crippen molar-refractivity contribution in [3.8, 4) is 0 Å². The molecule has 1 heterocycles. The van der Waals surface area contributed by atoms with Gasteiger partial charge in [0.1, 0.15) is 5.37 Å². The standard InChI is InChI=1S/C23H31N3O2S/c1-14-4-2-3-5-16(14)13-26-6-7-29-21(26)20(27)25-19-17-8-15-9-18(19)12-23(10-15,11-17)22(24)28/h2-5,15,17-19,21H,6-13H2,1H3,(H2,24,28)(H,25,27). The summed E-state index contributed by atoms with van der Waals surface area (Å²) in [6, 6.07) is 8.65. The molecule has 3 unspecified atom stereocenters. The molecule has 4 bridgehead atoms. The Hall–Kier alpha value is -1.53. The number of primary amides is 1. The minimum absolute atomic E-state index is 0.113. The molecule has 3 N–H and O–H groups in total. The number of carbonyl (C=O) groups is 2. The smallest absolute Gasteiger partial charge is 0.247 e. The number of aryl methyl sites for hydroxylation is 1. The van der Waals surface area contributed by atoms with Crippen LogP contribution in [0.2, 0.25) is 0 Å². The molecule has 6 heteroatoms. The molecule has 4 aliphatic carbocycles. The molecular formula is C23H31N3O2S. The molecule has 4 saturated carbocycles. The van der Waals surface area contributed by atoms with Crippen LogP contribution in [0.1, 0.15) is 43.2 Å². The van der Waals surface area contributed by atoms with Crippen molar-refractivity contribution in [2.75, 3.05) is 12.3 Å². The fraction of sp³-hybridized carbons (Fsp3) is 0.652. The van der Waals surface area contributed by atoms with E-state index in [0.29, 0.717) is 17.8 Å². The van der Waals surface area contributed by atoms with Gasteiger partial charge in [-0.05, 0) is 67.9 Å².